The molecule has 0 radical (unpaired) electrons. The molecule has 0 unspecified atom stereocenters. The number of nitrogens with two attached hydrogens (primary N) is 1. The first-order valence-electron chi connectivity index (χ1n) is 4.49. The predicted octanol–water partition coefficient (Wildman–Crippen LogP) is 2.07. The summed E-state index contributed by atoms with van der Waals surface area (Å²) in [6.07, 6.45) is 3.07. The lowest BCUT2D eigenvalue weighted by atomic mass is 10.0. The van der Waals surface area contributed by atoms with Crippen molar-refractivity contribution in [2.24, 2.45) is 0 Å². The minimum Gasteiger partial charge on any atom is -0.398 e. The number of benzene rings is 1. The van der Waals surface area contributed by atoms with E-state index in [9.17, 15) is 0 Å². The fraction of sp³-hybridized carbons (Fsp3) is 0.273. The quantitative estimate of drug-likeness (QED) is 0.663. The first-order valence-corrected chi connectivity index (χ1v) is 4.49. The summed E-state index contributed by atoms with van der Waals surface area (Å²) in [4.78, 5) is 0. The topological polar surface area (TPSA) is 35.2 Å². The zero-order valence-electron chi connectivity index (χ0n) is 7.49. The largest absolute Gasteiger partial charge is 0.398 e. The Morgan fingerprint density at radius 2 is 2.08 bits per heavy atom. The van der Waals surface area contributed by atoms with E-state index >= 15 is 0 Å². The lowest BCUT2D eigenvalue weighted by Crippen LogP contribution is -2.05. The highest BCUT2D eigenvalue weighted by Gasteiger charge is 2.07. The van der Waals surface area contributed by atoms with Crippen molar-refractivity contribution in [3.63, 3.8) is 0 Å². The average Bonchev–Trinajstić information content (AvgIpc) is 2.20. The summed E-state index contributed by atoms with van der Waals surface area (Å²) in [6.45, 7) is 1.52. The maximum Gasteiger partial charge on any atom is 0.0653 e. The molecule has 2 N–H and O–H groups in total. The van der Waals surface area contributed by atoms with Crippen LogP contribution in [0.3, 0.4) is 0 Å². The van der Waals surface area contributed by atoms with Gasteiger partial charge >= 0.3 is 0 Å². The second-order valence-electron chi connectivity index (χ2n) is 3.14. The molecule has 0 amide bonds. The highest BCUT2D eigenvalue weighted by atomic mass is 16.5. The molecule has 0 bridgehead atoms. The molecule has 68 valence electrons. The van der Waals surface area contributed by atoms with Gasteiger partial charge in [0, 0.05) is 11.3 Å². The molecule has 2 nitrogen and oxygen atoms in total. The zero-order valence-corrected chi connectivity index (χ0v) is 7.49. The molecule has 1 aromatic carbocycles. The van der Waals surface area contributed by atoms with Gasteiger partial charge in [-0.2, -0.15) is 0 Å². The molecular formula is C11H13NO. The van der Waals surface area contributed by atoms with Gasteiger partial charge in [0.25, 0.3) is 0 Å². The standard InChI is InChI=1S/C11H13NO/c12-11-4-2-1-3-10(11)9-5-7-13-8-6-9/h1-5H,6-8,12H2. The molecule has 0 aromatic heterocycles. The van der Waals surface area contributed by atoms with E-state index in [0.717, 1.165) is 24.3 Å². The molecule has 13 heavy (non-hydrogen) atoms. The second-order valence-corrected chi connectivity index (χ2v) is 3.14. The Balaban J connectivity index is 2.34. The van der Waals surface area contributed by atoms with Crippen LogP contribution in [-0.4, -0.2) is 13.2 Å². The van der Waals surface area contributed by atoms with E-state index in [4.69, 9.17) is 10.5 Å². The summed E-state index contributed by atoms with van der Waals surface area (Å²) in [5.74, 6) is 0. The van der Waals surface area contributed by atoms with Gasteiger partial charge < -0.3 is 10.5 Å². The SMILES string of the molecule is Nc1ccccc1C1=CCOCC1. The maximum absolute atomic E-state index is 5.87. The Bertz CT molecular complexity index is 331. The molecule has 0 saturated carbocycles. The van der Waals surface area contributed by atoms with E-state index in [1.54, 1.807) is 0 Å². The van der Waals surface area contributed by atoms with Crippen molar-refractivity contribution in [3.05, 3.63) is 35.9 Å². The van der Waals surface area contributed by atoms with Gasteiger partial charge in [0.1, 0.15) is 0 Å². The van der Waals surface area contributed by atoms with Crippen LogP contribution in [0.15, 0.2) is 30.3 Å². The third kappa shape index (κ3) is 1.73. The lowest BCUT2D eigenvalue weighted by Gasteiger charge is -2.14. The average molecular weight is 175 g/mol. The first-order chi connectivity index (χ1) is 6.38. The van der Waals surface area contributed by atoms with Crippen LogP contribution < -0.4 is 5.73 Å². The van der Waals surface area contributed by atoms with Gasteiger partial charge in [0.15, 0.2) is 0 Å². The minimum atomic E-state index is 0.712. The predicted molar refractivity (Wildman–Crippen MR) is 54.3 cm³/mol. The summed E-state index contributed by atoms with van der Waals surface area (Å²) >= 11 is 0. The fourth-order valence-corrected chi connectivity index (χ4v) is 1.56. The van der Waals surface area contributed by atoms with Crippen LogP contribution in [0.4, 0.5) is 5.69 Å². The molecule has 1 aliphatic rings. The van der Waals surface area contributed by atoms with Crippen molar-refractivity contribution in [1.82, 2.24) is 0 Å². The Labute approximate surface area is 78.0 Å². The number of nitrogen functional groups attached to an aromatic ring is 1. The van der Waals surface area contributed by atoms with Crippen LogP contribution in [0.5, 0.6) is 0 Å². The third-order valence-corrected chi connectivity index (χ3v) is 2.27. The summed E-state index contributed by atoms with van der Waals surface area (Å²) < 4.78 is 5.24. The van der Waals surface area contributed by atoms with Crippen LogP contribution in [0.2, 0.25) is 0 Å². The summed E-state index contributed by atoms with van der Waals surface area (Å²) in [7, 11) is 0. The summed E-state index contributed by atoms with van der Waals surface area (Å²) in [5, 5.41) is 0. The van der Waals surface area contributed by atoms with Crippen molar-refractivity contribution in [3.8, 4) is 0 Å². The number of hydrogen-bond acceptors (Lipinski definition) is 2. The maximum atomic E-state index is 5.87. The van der Waals surface area contributed by atoms with Crippen LogP contribution in [0.25, 0.3) is 5.57 Å². The molecule has 2 rings (SSSR count). The van der Waals surface area contributed by atoms with Crippen LogP contribution in [0, 0.1) is 0 Å². The lowest BCUT2D eigenvalue weighted by molar-refractivity contribution is 0.161. The first kappa shape index (κ1) is 8.32. The van der Waals surface area contributed by atoms with E-state index in [-0.39, 0.29) is 0 Å². The highest BCUT2D eigenvalue weighted by molar-refractivity contribution is 5.75. The molecule has 1 aromatic rings. The van der Waals surface area contributed by atoms with E-state index in [1.165, 1.54) is 5.57 Å². The second kappa shape index (κ2) is 3.62. The highest BCUT2D eigenvalue weighted by Crippen LogP contribution is 2.25. The van der Waals surface area contributed by atoms with E-state index in [1.807, 2.05) is 18.2 Å². The molecule has 0 aliphatic carbocycles. The van der Waals surface area contributed by atoms with Crippen LogP contribution in [0.1, 0.15) is 12.0 Å². The van der Waals surface area contributed by atoms with Crippen molar-refractivity contribution < 1.29 is 4.74 Å². The van der Waals surface area contributed by atoms with Gasteiger partial charge in [-0.25, -0.2) is 0 Å². The zero-order chi connectivity index (χ0) is 9.10. The van der Waals surface area contributed by atoms with Gasteiger partial charge in [-0.05, 0) is 18.1 Å². The van der Waals surface area contributed by atoms with Gasteiger partial charge in [0.2, 0.25) is 0 Å². The normalized spacial score (nSPS) is 16.8. The van der Waals surface area contributed by atoms with Gasteiger partial charge in [-0.3, -0.25) is 0 Å². The van der Waals surface area contributed by atoms with Crippen LogP contribution in [-0.2, 0) is 4.74 Å². The summed E-state index contributed by atoms with van der Waals surface area (Å²) in [5.41, 5.74) is 9.19. The number of ether oxygens (including phenoxy) is 1. The Kier molecular flexibility index (Phi) is 2.32. The smallest absolute Gasteiger partial charge is 0.0653 e. The molecule has 1 heterocycles. The summed E-state index contributed by atoms with van der Waals surface area (Å²) in [6, 6.07) is 7.97. The van der Waals surface area contributed by atoms with E-state index < -0.39 is 0 Å². The van der Waals surface area contributed by atoms with Gasteiger partial charge in [-0.1, -0.05) is 24.3 Å². The molecule has 0 spiro atoms. The fourth-order valence-electron chi connectivity index (χ4n) is 1.56. The Morgan fingerprint density at radius 1 is 1.23 bits per heavy atom. The molecule has 0 saturated heterocycles. The molecular weight excluding hydrogens is 162 g/mol. The molecule has 1 aliphatic heterocycles. The number of para-hydroxylation sites is 1. The van der Waals surface area contributed by atoms with Crippen LogP contribution >= 0.6 is 0 Å². The van der Waals surface area contributed by atoms with Crippen molar-refractivity contribution in [1.29, 1.82) is 0 Å². The van der Waals surface area contributed by atoms with E-state index in [0.29, 0.717) is 6.61 Å². The number of anilines is 1. The Morgan fingerprint density at radius 3 is 2.77 bits per heavy atom. The Hall–Kier alpha value is -1.28. The van der Waals surface area contributed by atoms with Gasteiger partial charge in [0.05, 0.1) is 13.2 Å². The minimum absolute atomic E-state index is 0.712. The number of rotatable bonds is 1. The van der Waals surface area contributed by atoms with E-state index in [2.05, 4.69) is 12.1 Å². The molecule has 0 atom stereocenters. The number of hydrogen-bond donors (Lipinski definition) is 1. The van der Waals surface area contributed by atoms with Crippen molar-refractivity contribution in [2.75, 3.05) is 18.9 Å². The van der Waals surface area contributed by atoms with Crippen molar-refractivity contribution in [2.45, 2.75) is 6.42 Å². The molecule has 2 heteroatoms. The van der Waals surface area contributed by atoms with Gasteiger partial charge in [-0.15, -0.1) is 0 Å². The molecule has 0 fully saturated rings. The third-order valence-electron chi connectivity index (χ3n) is 2.27. The van der Waals surface area contributed by atoms with Crippen molar-refractivity contribution >= 4 is 11.3 Å². The monoisotopic (exact) mass is 175 g/mol.